The van der Waals surface area contributed by atoms with E-state index in [2.05, 4.69) is 10.3 Å². The van der Waals surface area contributed by atoms with Crippen molar-refractivity contribution < 1.29 is 18.0 Å². The van der Waals surface area contributed by atoms with Crippen LogP contribution in [0.3, 0.4) is 0 Å². The number of urea groups is 1. The normalized spacial score (nSPS) is 17.2. The first-order chi connectivity index (χ1) is 9.45. The van der Waals surface area contributed by atoms with Crippen LogP contribution in [0.15, 0.2) is 16.3 Å². The molecule has 0 radical (unpaired) electrons. The lowest BCUT2D eigenvalue weighted by molar-refractivity contribution is 0.0800. The quantitative estimate of drug-likeness (QED) is 0.833. The summed E-state index contributed by atoms with van der Waals surface area (Å²) in [5, 5.41) is 0. The average Bonchev–Trinajstić information content (AvgIpc) is 2.86. The van der Waals surface area contributed by atoms with Crippen molar-refractivity contribution in [1.82, 2.24) is 14.7 Å². The van der Waals surface area contributed by atoms with Gasteiger partial charge >= 0.3 is 6.03 Å². The summed E-state index contributed by atoms with van der Waals surface area (Å²) >= 11 is 6.79. The Morgan fingerprint density at radius 1 is 1.35 bits per heavy atom. The van der Waals surface area contributed by atoms with Gasteiger partial charge in [0.2, 0.25) is 0 Å². The molecule has 0 bridgehead atoms. The molecule has 1 fully saturated rings. The molecule has 2 rings (SSSR count). The number of amides is 2. The molecule has 10 heteroatoms. The van der Waals surface area contributed by atoms with Gasteiger partial charge in [-0.25, -0.2) is 18.7 Å². The number of hydrogen-bond acceptors (Lipinski definition) is 5. The molecule has 2 heterocycles. The molecule has 0 saturated carbocycles. The molecule has 0 unspecified atom stereocenters. The van der Waals surface area contributed by atoms with Crippen molar-refractivity contribution >= 4 is 39.0 Å². The molecule has 1 saturated heterocycles. The van der Waals surface area contributed by atoms with Gasteiger partial charge in [0.25, 0.3) is 10.0 Å². The highest BCUT2D eigenvalue weighted by atomic mass is 35.5. The zero-order valence-corrected chi connectivity index (χ0v) is 13.1. The highest BCUT2D eigenvalue weighted by molar-refractivity contribution is 7.91. The Balaban J connectivity index is 2.02. The smallest absolute Gasteiger partial charge is 0.320 e. The van der Waals surface area contributed by atoms with Gasteiger partial charge in [0, 0.05) is 26.2 Å². The maximum absolute atomic E-state index is 12.3. The number of carbonyl (C=O) groups is 1. The zero-order chi connectivity index (χ0) is 14.8. The van der Waals surface area contributed by atoms with Crippen LogP contribution in [0.25, 0.3) is 0 Å². The highest BCUT2D eigenvalue weighted by Gasteiger charge is 2.31. The molecule has 7 nitrogen and oxygen atoms in total. The Hall–Kier alpha value is -0.870. The third-order valence-corrected chi connectivity index (χ3v) is 6.46. The third kappa shape index (κ3) is 3.23. The minimum absolute atomic E-state index is 0.220. The lowest BCUT2D eigenvalue weighted by Gasteiger charge is -2.33. The van der Waals surface area contributed by atoms with E-state index in [1.807, 2.05) is 0 Å². The molecule has 0 atom stereocenters. The second kappa shape index (κ2) is 6.27. The molecule has 1 aromatic rings. The maximum atomic E-state index is 12.3. The SMILES string of the molecule is CONC(=O)N1CCN(S(=O)(=O)c2ccc(Cl)s2)CC1. The van der Waals surface area contributed by atoms with Gasteiger partial charge in [-0.1, -0.05) is 11.6 Å². The summed E-state index contributed by atoms with van der Waals surface area (Å²) < 4.78 is 26.7. The predicted molar refractivity (Wildman–Crippen MR) is 75.2 cm³/mol. The molecule has 2 amide bonds. The number of nitrogens with zero attached hydrogens (tertiary/aromatic N) is 2. The summed E-state index contributed by atoms with van der Waals surface area (Å²) in [6.45, 7) is 1.12. The van der Waals surface area contributed by atoms with Crippen LogP contribution in [0.2, 0.25) is 4.34 Å². The van der Waals surface area contributed by atoms with Crippen LogP contribution in [-0.2, 0) is 14.9 Å². The van der Waals surface area contributed by atoms with Gasteiger partial charge in [-0.05, 0) is 12.1 Å². The van der Waals surface area contributed by atoms with Crippen LogP contribution in [0.4, 0.5) is 4.79 Å². The molecule has 0 spiro atoms. The van der Waals surface area contributed by atoms with Crippen LogP contribution in [0, 0.1) is 0 Å². The first-order valence-electron chi connectivity index (χ1n) is 5.78. The van der Waals surface area contributed by atoms with Gasteiger partial charge in [0.1, 0.15) is 4.21 Å². The fraction of sp³-hybridized carbons (Fsp3) is 0.500. The van der Waals surface area contributed by atoms with Crippen molar-refractivity contribution in [2.24, 2.45) is 0 Å². The minimum Gasteiger partial charge on any atom is -0.320 e. The highest BCUT2D eigenvalue weighted by Crippen LogP contribution is 2.28. The van der Waals surface area contributed by atoms with E-state index >= 15 is 0 Å². The molecule has 0 aliphatic carbocycles. The topological polar surface area (TPSA) is 79.0 Å². The van der Waals surface area contributed by atoms with Crippen LogP contribution >= 0.6 is 22.9 Å². The third-order valence-electron chi connectivity index (χ3n) is 2.86. The summed E-state index contributed by atoms with van der Waals surface area (Å²) in [4.78, 5) is 17.6. The van der Waals surface area contributed by atoms with Gasteiger partial charge in [-0.2, -0.15) is 4.31 Å². The average molecular weight is 340 g/mol. The molecule has 0 aromatic carbocycles. The number of piperazine rings is 1. The van der Waals surface area contributed by atoms with Crippen LogP contribution in [0.1, 0.15) is 0 Å². The number of thiophene rings is 1. The van der Waals surface area contributed by atoms with Gasteiger partial charge < -0.3 is 4.90 Å². The lowest BCUT2D eigenvalue weighted by atomic mass is 10.4. The van der Waals surface area contributed by atoms with Crippen molar-refractivity contribution in [2.45, 2.75) is 4.21 Å². The van der Waals surface area contributed by atoms with E-state index in [0.717, 1.165) is 11.3 Å². The standard InChI is InChI=1S/C10H14ClN3O4S2/c1-18-12-10(15)13-4-6-14(7-5-13)20(16,17)9-3-2-8(11)19-9/h2-3H,4-7H2,1H3,(H,12,15). The summed E-state index contributed by atoms with van der Waals surface area (Å²) in [5.74, 6) is 0. The molecule has 1 N–H and O–H groups in total. The number of halogens is 1. The van der Waals surface area contributed by atoms with Crippen molar-refractivity contribution in [1.29, 1.82) is 0 Å². The fourth-order valence-electron chi connectivity index (χ4n) is 1.85. The Morgan fingerprint density at radius 2 is 2.00 bits per heavy atom. The Kier molecular flexibility index (Phi) is 4.86. The second-order valence-electron chi connectivity index (χ2n) is 4.06. The van der Waals surface area contributed by atoms with Crippen LogP contribution < -0.4 is 5.48 Å². The number of rotatable bonds is 3. The summed E-state index contributed by atoms with van der Waals surface area (Å²) in [6.07, 6.45) is 0. The molecule has 1 aliphatic rings. The number of carbonyl (C=O) groups excluding carboxylic acids is 1. The Labute approximate surface area is 126 Å². The molecule has 1 aliphatic heterocycles. The van der Waals surface area contributed by atoms with Crippen molar-refractivity contribution in [3.63, 3.8) is 0 Å². The van der Waals surface area contributed by atoms with E-state index in [0.29, 0.717) is 17.4 Å². The van der Waals surface area contributed by atoms with E-state index < -0.39 is 10.0 Å². The maximum Gasteiger partial charge on any atom is 0.341 e. The lowest BCUT2D eigenvalue weighted by Crippen LogP contribution is -2.52. The van der Waals surface area contributed by atoms with Crippen molar-refractivity contribution in [2.75, 3.05) is 33.3 Å². The number of nitrogens with one attached hydrogen (secondary N) is 1. The van der Waals surface area contributed by atoms with E-state index in [1.54, 1.807) is 6.07 Å². The summed E-state index contributed by atoms with van der Waals surface area (Å²) in [5.41, 5.74) is 2.21. The summed E-state index contributed by atoms with van der Waals surface area (Å²) in [7, 11) is -2.18. The Bertz CT molecular complexity index is 581. The zero-order valence-electron chi connectivity index (χ0n) is 10.7. The van der Waals surface area contributed by atoms with Crippen molar-refractivity contribution in [3.8, 4) is 0 Å². The first-order valence-corrected chi connectivity index (χ1v) is 8.42. The van der Waals surface area contributed by atoms with Gasteiger partial charge in [0.05, 0.1) is 11.4 Å². The molecule has 20 heavy (non-hydrogen) atoms. The van der Waals surface area contributed by atoms with E-state index in [4.69, 9.17) is 11.6 Å². The molecule has 112 valence electrons. The first kappa shape index (κ1) is 15.5. The molecular weight excluding hydrogens is 326 g/mol. The van der Waals surface area contributed by atoms with Gasteiger partial charge in [-0.3, -0.25) is 4.84 Å². The summed E-state index contributed by atoms with van der Waals surface area (Å²) in [6, 6.07) is 2.68. The van der Waals surface area contributed by atoms with Crippen LogP contribution in [-0.4, -0.2) is 56.9 Å². The van der Waals surface area contributed by atoms with Crippen molar-refractivity contribution in [3.05, 3.63) is 16.5 Å². The molecule has 1 aromatic heterocycles. The number of sulfonamides is 1. The van der Waals surface area contributed by atoms with E-state index in [-0.39, 0.29) is 23.3 Å². The minimum atomic E-state index is -3.52. The predicted octanol–water partition coefficient (Wildman–Crippen LogP) is 0.979. The number of hydroxylamine groups is 1. The van der Waals surface area contributed by atoms with E-state index in [1.165, 1.54) is 22.4 Å². The largest absolute Gasteiger partial charge is 0.341 e. The Morgan fingerprint density at radius 3 is 2.50 bits per heavy atom. The number of hydrogen-bond donors (Lipinski definition) is 1. The van der Waals surface area contributed by atoms with E-state index in [9.17, 15) is 13.2 Å². The van der Waals surface area contributed by atoms with Gasteiger partial charge in [0.15, 0.2) is 0 Å². The molecular formula is C10H14ClN3O4S2. The van der Waals surface area contributed by atoms with Gasteiger partial charge in [-0.15, -0.1) is 11.3 Å². The van der Waals surface area contributed by atoms with Crippen LogP contribution in [0.5, 0.6) is 0 Å². The monoisotopic (exact) mass is 339 g/mol. The fourth-order valence-corrected chi connectivity index (χ4v) is 4.91. The second-order valence-corrected chi connectivity index (χ2v) is 7.94.